The van der Waals surface area contributed by atoms with E-state index >= 15 is 0 Å². The van der Waals surface area contributed by atoms with Crippen LogP contribution in [0.15, 0.2) is 165 Å². The molecule has 3 amide bonds. The zero-order chi connectivity index (χ0) is 53.1. The van der Waals surface area contributed by atoms with E-state index in [0.29, 0.717) is 72.7 Å². The number of nitrogen functional groups attached to an aromatic ring is 1. The molecular weight excluding hydrogens is 964 g/mol. The fraction of sp³-hybridized carbons (Fsp3) is 0.157. The molecule has 0 radical (unpaired) electrons. The number of hydrogen-bond donors (Lipinski definition) is 5. The van der Waals surface area contributed by atoms with Gasteiger partial charge in [-0.3, -0.25) is 20.6 Å². The van der Waals surface area contributed by atoms with E-state index in [1.807, 2.05) is 36.4 Å². The lowest BCUT2D eigenvalue weighted by Crippen LogP contribution is -2.28. The van der Waals surface area contributed by atoms with Gasteiger partial charge in [-0.15, -0.1) is 0 Å². The standard InChI is InChI=1S/C15H16N4O3.C15H14N2O4.C8H10N2O2.C7H5ClO2.C6H8N2/c1-2-22-14(20)12-3-4-13(17-10-12)19-15(21)18-9-11-5-7-16-8-6-11;1-2-20-14(18)11-8-9-13(16-10-11)17-15(19)21-12-6-4-3-5-7-12;1-2-12-8(11)6-3-4-7(9)10-5-6;8-7(9)10-6-4-2-1-3-5-6;7-5-6-1-3-8-4-2-6/h3-8,10H,2,9H2,1H3,(H2,17,18,19,21);3-10H,2H2,1H3,(H,16,17,19);3-5H,2H2,1H3,(H2,9,10);1-5H;1-4H,5,7H2. The number of rotatable bonds is 13. The third-order valence-corrected chi connectivity index (χ3v) is 8.48. The molecule has 0 spiro atoms. The second-order valence-corrected chi connectivity index (χ2v) is 14.0. The van der Waals surface area contributed by atoms with Crippen molar-refractivity contribution in [2.75, 3.05) is 36.2 Å². The largest absolute Gasteiger partial charge is 0.462 e. The molecule has 21 nitrogen and oxygen atoms in total. The maximum absolute atomic E-state index is 11.7. The summed E-state index contributed by atoms with van der Waals surface area (Å²) in [6.45, 7) is 7.15. The Morgan fingerprint density at radius 1 is 0.521 bits per heavy atom. The quantitative estimate of drug-likeness (QED) is 0.0410. The van der Waals surface area contributed by atoms with E-state index in [0.717, 1.165) is 11.1 Å². The Labute approximate surface area is 425 Å². The molecule has 0 aliphatic rings. The van der Waals surface area contributed by atoms with Crippen LogP contribution < -0.4 is 36.9 Å². The number of halogens is 1. The number of aromatic nitrogens is 5. The summed E-state index contributed by atoms with van der Waals surface area (Å²) in [6, 6.07) is 33.6. The van der Waals surface area contributed by atoms with Gasteiger partial charge in [0.05, 0.1) is 36.5 Å². The molecule has 7 rings (SSSR count). The summed E-state index contributed by atoms with van der Waals surface area (Å²) in [5.74, 6) is 0.644. The number of nitrogens with one attached hydrogen (secondary N) is 3. The first-order valence-electron chi connectivity index (χ1n) is 22.0. The molecule has 0 aliphatic heterocycles. The lowest BCUT2D eigenvalue weighted by Gasteiger charge is -2.07. The van der Waals surface area contributed by atoms with Crippen molar-refractivity contribution in [2.45, 2.75) is 33.9 Å². The molecule has 0 atom stereocenters. The Morgan fingerprint density at radius 3 is 1.33 bits per heavy atom. The first kappa shape index (κ1) is 58.0. The van der Waals surface area contributed by atoms with Crippen LogP contribution in [0.1, 0.15) is 63.0 Å². The predicted octanol–water partition coefficient (Wildman–Crippen LogP) is 8.65. The van der Waals surface area contributed by atoms with Gasteiger partial charge >= 0.3 is 35.5 Å². The van der Waals surface area contributed by atoms with Crippen LogP contribution in [0, 0.1) is 0 Å². The van der Waals surface area contributed by atoms with Crippen molar-refractivity contribution in [3.63, 3.8) is 0 Å². The van der Waals surface area contributed by atoms with E-state index in [9.17, 15) is 28.8 Å². The van der Waals surface area contributed by atoms with Gasteiger partial charge in [0.2, 0.25) is 0 Å². The molecule has 0 fully saturated rings. The number of nitrogens with zero attached hydrogens (tertiary/aromatic N) is 5. The van der Waals surface area contributed by atoms with Crippen molar-refractivity contribution >= 4 is 64.5 Å². The van der Waals surface area contributed by atoms with Crippen LogP contribution in [-0.2, 0) is 27.3 Å². The Bertz CT molecular complexity index is 2720. The zero-order valence-corrected chi connectivity index (χ0v) is 40.6. The molecule has 2 aromatic carbocycles. The Hall–Kier alpha value is -9.34. The van der Waals surface area contributed by atoms with Gasteiger partial charge in [0.15, 0.2) is 0 Å². The van der Waals surface area contributed by atoms with E-state index in [1.54, 1.807) is 112 Å². The second-order valence-electron chi connectivity index (χ2n) is 13.7. The third kappa shape index (κ3) is 24.7. The number of anilines is 3. The second kappa shape index (κ2) is 34.0. The van der Waals surface area contributed by atoms with Crippen molar-refractivity contribution in [1.82, 2.24) is 30.2 Å². The van der Waals surface area contributed by atoms with Crippen LogP contribution in [-0.4, -0.2) is 80.2 Å². The van der Waals surface area contributed by atoms with E-state index in [2.05, 4.69) is 45.6 Å². The SMILES string of the molecule is CCOC(=O)c1ccc(N)nc1.CCOC(=O)c1ccc(NC(=O)NCc2ccncc2)nc1.CCOC(=O)c1ccc(NC(=O)Oc2ccccc2)nc1.NCc1ccncc1.O=C(Cl)Oc1ccccc1. The Morgan fingerprint density at radius 2 is 0.945 bits per heavy atom. The number of urea groups is 1. The van der Waals surface area contributed by atoms with E-state index < -0.39 is 23.5 Å². The highest BCUT2D eigenvalue weighted by Crippen LogP contribution is 2.12. The van der Waals surface area contributed by atoms with Crippen LogP contribution >= 0.6 is 11.6 Å². The van der Waals surface area contributed by atoms with Gasteiger partial charge in [0.1, 0.15) is 29.0 Å². The minimum Gasteiger partial charge on any atom is -0.462 e. The smallest absolute Gasteiger partial charge is 0.418 e. The number of hydrogen-bond acceptors (Lipinski definition) is 18. The van der Waals surface area contributed by atoms with Gasteiger partial charge in [0.25, 0.3) is 0 Å². The molecule has 0 saturated heterocycles. The highest BCUT2D eigenvalue weighted by atomic mass is 35.5. The number of carbonyl (C=O) groups excluding carboxylic acids is 6. The van der Waals surface area contributed by atoms with Crippen molar-refractivity contribution in [2.24, 2.45) is 5.73 Å². The number of benzene rings is 2. The fourth-order valence-corrected chi connectivity index (χ4v) is 5.10. The first-order valence-corrected chi connectivity index (χ1v) is 22.4. The van der Waals surface area contributed by atoms with Gasteiger partial charge in [0, 0.05) is 68.1 Å². The lowest BCUT2D eigenvalue weighted by atomic mass is 10.3. The maximum Gasteiger partial charge on any atom is 0.418 e. The highest BCUT2D eigenvalue weighted by Gasteiger charge is 2.11. The molecular formula is C51H53ClN10O11. The van der Waals surface area contributed by atoms with Gasteiger partial charge in [-0.05, 0) is 117 Å². The number of pyridine rings is 5. The molecule has 7 N–H and O–H groups in total. The molecule has 0 aliphatic carbocycles. The van der Waals surface area contributed by atoms with Crippen molar-refractivity contribution in [1.29, 1.82) is 0 Å². The first-order chi connectivity index (χ1) is 35.3. The topological polar surface area (TPSA) is 301 Å². The predicted molar refractivity (Wildman–Crippen MR) is 272 cm³/mol. The van der Waals surface area contributed by atoms with Gasteiger partial charge in [-0.1, -0.05) is 36.4 Å². The molecule has 0 saturated carbocycles. The molecule has 22 heteroatoms. The van der Waals surface area contributed by atoms with Crippen LogP contribution in [0.5, 0.6) is 11.5 Å². The summed E-state index contributed by atoms with van der Waals surface area (Å²) in [5.41, 5.74) is 13.0. The lowest BCUT2D eigenvalue weighted by molar-refractivity contribution is 0.0516. The molecule has 5 aromatic heterocycles. The summed E-state index contributed by atoms with van der Waals surface area (Å²) < 4.78 is 24.0. The normalized spacial score (nSPS) is 9.55. The number of amides is 3. The summed E-state index contributed by atoms with van der Waals surface area (Å²) in [7, 11) is 0. The molecule has 5 heterocycles. The monoisotopic (exact) mass is 1020 g/mol. The van der Waals surface area contributed by atoms with Crippen LogP contribution in [0.3, 0.4) is 0 Å². The fourth-order valence-electron chi connectivity index (χ4n) is 5.02. The van der Waals surface area contributed by atoms with Gasteiger partial charge < -0.3 is 40.5 Å². The molecule has 380 valence electrons. The molecule has 7 aromatic rings. The van der Waals surface area contributed by atoms with Gasteiger partial charge in [-0.25, -0.2) is 43.7 Å². The Kier molecular flexibility index (Phi) is 27.0. The summed E-state index contributed by atoms with van der Waals surface area (Å²) >= 11 is 4.95. The summed E-state index contributed by atoms with van der Waals surface area (Å²) in [5, 5.41) is 7.74. The van der Waals surface area contributed by atoms with Gasteiger partial charge in [-0.2, -0.15) is 0 Å². The third-order valence-electron chi connectivity index (χ3n) is 8.40. The van der Waals surface area contributed by atoms with E-state index in [1.165, 1.54) is 36.8 Å². The van der Waals surface area contributed by atoms with Crippen molar-refractivity contribution < 1.29 is 52.5 Å². The van der Waals surface area contributed by atoms with Crippen LogP contribution in [0.4, 0.5) is 31.8 Å². The highest BCUT2D eigenvalue weighted by molar-refractivity contribution is 6.61. The molecule has 0 unspecified atom stereocenters. The van der Waals surface area contributed by atoms with Crippen molar-refractivity contribution in [3.05, 3.63) is 193 Å². The number of carbonyl (C=O) groups is 6. The minimum atomic E-state index is -0.814. The number of esters is 3. The van der Waals surface area contributed by atoms with E-state index in [-0.39, 0.29) is 17.8 Å². The maximum atomic E-state index is 11.7. The Balaban J connectivity index is 0.000000254. The van der Waals surface area contributed by atoms with E-state index in [4.69, 9.17) is 42.0 Å². The average Bonchev–Trinajstić information content (AvgIpc) is 3.40. The number of ether oxygens (including phenoxy) is 5. The minimum absolute atomic E-state index is 0.281. The van der Waals surface area contributed by atoms with Crippen molar-refractivity contribution in [3.8, 4) is 11.5 Å². The van der Waals surface area contributed by atoms with Crippen LogP contribution in [0.2, 0.25) is 0 Å². The number of para-hydroxylation sites is 2. The number of nitrogens with two attached hydrogens (primary N) is 2. The molecule has 73 heavy (non-hydrogen) atoms. The summed E-state index contributed by atoms with van der Waals surface area (Å²) in [4.78, 5) is 86.9. The van der Waals surface area contributed by atoms with Crippen LogP contribution in [0.25, 0.3) is 0 Å². The summed E-state index contributed by atoms with van der Waals surface area (Å²) in [6.07, 6.45) is 10.2. The average molecular weight is 1020 g/mol. The zero-order valence-electron chi connectivity index (χ0n) is 39.9. The molecule has 0 bridgehead atoms.